The van der Waals surface area contributed by atoms with Crippen LogP contribution in [0.3, 0.4) is 0 Å². The van der Waals surface area contributed by atoms with Crippen molar-refractivity contribution in [2.75, 3.05) is 5.73 Å². The Hall–Kier alpha value is -1.35. The molecule has 1 aromatic heterocycles. The smallest absolute Gasteiger partial charge is 0.114 e. The highest BCUT2D eigenvalue weighted by Crippen LogP contribution is 2.33. The highest BCUT2D eigenvalue weighted by Gasteiger charge is 2.12. The summed E-state index contributed by atoms with van der Waals surface area (Å²) >= 11 is 1.62. The second kappa shape index (κ2) is 4.88. The van der Waals surface area contributed by atoms with Crippen molar-refractivity contribution >= 4 is 16.3 Å². The highest BCUT2D eigenvalue weighted by molar-refractivity contribution is 7.16. The molecule has 1 heterocycles. The summed E-state index contributed by atoms with van der Waals surface area (Å²) in [7, 11) is 0. The maximum Gasteiger partial charge on any atom is 0.114 e. The third-order valence-corrected chi connectivity index (χ3v) is 3.97. The number of benzene rings is 1. The molecule has 0 saturated heterocycles. The average molecular weight is 246 g/mol. The molecule has 0 bridgehead atoms. The lowest BCUT2D eigenvalue weighted by atomic mass is 10.0. The van der Waals surface area contributed by atoms with Crippen LogP contribution in [0.1, 0.15) is 29.5 Å². The van der Waals surface area contributed by atoms with E-state index < -0.39 is 0 Å². The summed E-state index contributed by atoms with van der Waals surface area (Å²) in [6.07, 6.45) is 2.12. The first-order chi connectivity index (χ1) is 8.13. The summed E-state index contributed by atoms with van der Waals surface area (Å²) in [6, 6.07) is 6.29. The van der Waals surface area contributed by atoms with Crippen molar-refractivity contribution in [3.8, 4) is 11.3 Å². The third-order valence-electron chi connectivity index (χ3n) is 3.02. The van der Waals surface area contributed by atoms with Crippen molar-refractivity contribution < 1.29 is 0 Å². The highest BCUT2D eigenvalue weighted by atomic mass is 32.1. The number of aryl methyl sites for hydroxylation is 2. The molecule has 0 amide bonds. The van der Waals surface area contributed by atoms with Crippen LogP contribution in [0.5, 0.6) is 0 Å². The maximum atomic E-state index is 6.08. The van der Waals surface area contributed by atoms with Gasteiger partial charge in [-0.25, -0.2) is 4.98 Å². The number of hydrogen-bond acceptors (Lipinski definition) is 3. The van der Waals surface area contributed by atoms with E-state index in [1.54, 1.807) is 11.3 Å². The van der Waals surface area contributed by atoms with Crippen LogP contribution in [0.2, 0.25) is 0 Å². The Morgan fingerprint density at radius 2 is 2.06 bits per heavy atom. The fourth-order valence-corrected chi connectivity index (χ4v) is 2.85. The zero-order valence-electron chi connectivity index (χ0n) is 10.6. The normalized spacial score (nSPS) is 10.8. The standard InChI is InChI=1S/C14H18N2S/c1-4-6-12-16-13(14(15)17-12)11-8-5-7-9(2)10(11)3/h5,7-8H,4,6,15H2,1-3H3. The van der Waals surface area contributed by atoms with Gasteiger partial charge in [0.15, 0.2) is 0 Å². The molecule has 0 aliphatic carbocycles. The fourth-order valence-electron chi connectivity index (χ4n) is 1.90. The average Bonchev–Trinajstić information content (AvgIpc) is 2.64. The first-order valence-electron chi connectivity index (χ1n) is 5.95. The summed E-state index contributed by atoms with van der Waals surface area (Å²) in [6.45, 7) is 6.41. The van der Waals surface area contributed by atoms with Gasteiger partial charge in [-0.2, -0.15) is 0 Å². The quantitative estimate of drug-likeness (QED) is 0.890. The number of anilines is 1. The number of rotatable bonds is 3. The van der Waals surface area contributed by atoms with Gasteiger partial charge in [0, 0.05) is 5.56 Å². The van der Waals surface area contributed by atoms with Crippen molar-refractivity contribution in [3.05, 3.63) is 34.3 Å². The molecule has 17 heavy (non-hydrogen) atoms. The number of thiazole rings is 1. The number of aromatic nitrogens is 1. The Balaban J connectivity index is 2.49. The first-order valence-corrected chi connectivity index (χ1v) is 6.77. The van der Waals surface area contributed by atoms with E-state index in [9.17, 15) is 0 Å². The Morgan fingerprint density at radius 1 is 1.29 bits per heavy atom. The summed E-state index contributed by atoms with van der Waals surface area (Å²) in [4.78, 5) is 4.67. The minimum atomic E-state index is 0.835. The molecular weight excluding hydrogens is 228 g/mol. The molecule has 0 unspecified atom stereocenters. The molecule has 0 aliphatic heterocycles. The topological polar surface area (TPSA) is 38.9 Å². The van der Waals surface area contributed by atoms with E-state index in [1.807, 2.05) is 0 Å². The van der Waals surface area contributed by atoms with Crippen LogP contribution >= 0.6 is 11.3 Å². The monoisotopic (exact) mass is 246 g/mol. The van der Waals surface area contributed by atoms with E-state index in [2.05, 4.69) is 44.0 Å². The predicted molar refractivity (Wildman–Crippen MR) is 75.4 cm³/mol. The summed E-state index contributed by atoms with van der Waals surface area (Å²) in [5, 5.41) is 1.98. The lowest BCUT2D eigenvalue weighted by Gasteiger charge is -2.06. The van der Waals surface area contributed by atoms with Gasteiger partial charge in [0.25, 0.3) is 0 Å². The maximum absolute atomic E-state index is 6.08. The van der Waals surface area contributed by atoms with Gasteiger partial charge < -0.3 is 5.73 Å². The lowest BCUT2D eigenvalue weighted by molar-refractivity contribution is 0.910. The van der Waals surface area contributed by atoms with Crippen molar-refractivity contribution in [2.24, 2.45) is 0 Å². The minimum absolute atomic E-state index is 0.835. The van der Waals surface area contributed by atoms with Crippen molar-refractivity contribution in [3.63, 3.8) is 0 Å². The molecule has 0 atom stereocenters. The van der Waals surface area contributed by atoms with Gasteiger partial charge in [-0.3, -0.25) is 0 Å². The molecule has 2 nitrogen and oxygen atoms in total. The van der Waals surface area contributed by atoms with Crippen LogP contribution in [0.4, 0.5) is 5.00 Å². The molecule has 2 N–H and O–H groups in total. The molecule has 0 aliphatic rings. The fraction of sp³-hybridized carbons (Fsp3) is 0.357. The molecule has 0 saturated carbocycles. The van der Waals surface area contributed by atoms with Crippen LogP contribution < -0.4 is 5.73 Å². The second-order valence-electron chi connectivity index (χ2n) is 4.32. The number of nitrogens with two attached hydrogens (primary N) is 1. The lowest BCUT2D eigenvalue weighted by Crippen LogP contribution is -1.91. The Bertz CT molecular complexity index is 529. The minimum Gasteiger partial charge on any atom is -0.389 e. The summed E-state index contributed by atoms with van der Waals surface area (Å²) in [5.41, 5.74) is 10.8. The van der Waals surface area contributed by atoms with E-state index in [1.165, 1.54) is 16.7 Å². The summed E-state index contributed by atoms with van der Waals surface area (Å²) < 4.78 is 0. The molecule has 3 heteroatoms. The second-order valence-corrected chi connectivity index (χ2v) is 5.43. The molecule has 0 fully saturated rings. The molecule has 90 valence electrons. The van der Waals surface area contributed by atoms with Crippen LogP contribution in [-0.2, 0) is 6.42 Å². The Kier molecular flexibility index (Phi) is 3.48. The molecule has 0 spiro atoms. The van der Waals surface area contributed by atoms with Crippen molar-refractivity contribution in [1.82, 2.24) is 4.98 Å². The van der Waals surface area contributed by atoms with Crippen LogP contribution in [0.15, 0.2) is 18.2 Å². The number of hydrogen-bond donors (Lipinski definition) is 1. The first kappa shape index (κ1) is 12.1. The molecule has 2 rings (SSSR count). The van der Waals surface area contributed by atoms with Crippen molar-refractivity contribution in [2.45, 2.75) is 33.6 Å². The molecule has 2 aromatic rings. The zero-order chi connectivity index (χ0) is 12.4. The van der Waals surface area contributed by atoms with Crippen molar-refractivity contribution in [1.29, 1.82) is 0 Å². The van der Waals surface area contributed by atoms with Gasteiger partial charge in [-0.1, -0.05) is 25.1 Å². The molecule has 0 radical (unpaired) electrons. The van der Waals surface area contributed by atoms with Gasteiger partial charge in [-0.05, 0) is 37.8 Å². The third kappa shape index (κ3) is 2.34. The van der Waals surface area contributed by atoms with Gasteiger partial charge in [0.1, 0.15) is 10.7 Å². The molecule has 1 aromatic carbocycles. The SMILES string of the molecule is CCCc1nc(-c2cccc(C)c2C)c(N)s1. The van der Waals surface area contributed by atoms with Crippen LogP contribution in [-0.4, -0.2) is 4.98 Å². The van der Waals surface area contributed by atoms with Crippen LogP contribution in [0, 0.1) is 13.8 Å². The van der Waals surface area contributed by atoms with E-state index in [-0.39, 0.29) is 0 Å². The zero-order valence-corrected chi connectivity index (χ0v) is 11.4. The van der Waals surface area contributed by atoms with Crippen LogP contribution in [0.25, 0.3) is 11.3 Å². The predicted octanol–water partition coefficient (Wildman–Crippen LogP) is 3.96. The number of nitrogen functional groups attached to an aromatic ring is 1. The Labute approximate surface area is 107 Å². The van der Waals surface area contributed by atoms with Gasteiger partial charge in [0.05, 0.1) is 5.01 Å². The van der Waals surface area contributed by atoms with E-state index in [4.69, 9.17) is 5.73 Å². The van der Waals surface area contributed by atoms with Gasteiger partial charge in [-0.15, -0.1) is 11.3 Å². The number of nitrogens with zero attached hydrogens (tertiary/aromatic N) is 1. The largest absolute Gasteiger partial charge is 0.389 e. The van der Waals surface area contributed by atoms with E-state index >= 15 is 0 Å². The van der Waals surface area contributed by atoms with E-state index in [0.717, 1.165) is 28.5 Å². The van der Waals surface area contributed by atoms with E-state index in [0.29, 0.717) is 0 Å². The molecular formula is C14H18N2S. The van der Waals surface area contributed by atoms with Gasteiger partial charge in [0.2, 0.25) is 0 Å². The summed E-state index contributed by atoms with van der Waals surface area (Å²) in [5.74, 6) is 0. The Morgan fingerprint density at radius 3 is 2.76 bits per heavy atom. The van der Waals surface area contributed by atoms with Gasteiger partial charge >= 0.3 is 0 Å².